The molecule has 0 radical (unpaired) electrons. The van der Waals surface area contributed by atoms with Crippen molar-refractivity contribution in [1.82, 2.24) is 0 Å². The van der Waals surface area contributed by atoms with E-state index in [2.05, 4.69) is 39.1 Å². The average Bonchev–Trinajstić information content (AvgIpc) is 2.32. The predicted molar refractivity (Wildman–Crippen MR) is 78.8 cm³/mol. The maximum atomic E-state index is 11.9. The third-order valence-electron chi connectivity index (χ3n) is 2.64. The summed E-state index contributed by atoms with van der Waals surface area (Å²) < 4.78 is 10.3. The van der Waals surface area contributed by atoms with Gasteiger partial charge in [0.25, 0.3) is 5.78 Å². The molecule has 0 aliphatic carbocycles. The van der Waals surface area contributed by atoms with Crippen molar-refractivity contribution in [3.63, 3.8) is 0 Å². The molecule has 20 heavy (non-hydrogen) atoms. The minimum atomic E-state index is -1.20. The van der Waals surface area contributed by atoms with Crippen LogP contribution in [0.1, 0.15) is 41.0 Å². The molecule has 0 amide bonds. The standard InChI is InChI=1S/C15H25NO4/c1-11(16-7)10-19-13(18)12(17)15(5,6)20-9-8-14(2,3)4/h1,7-10H2,2-6H3. The Morgan fingerprint density at radius 3 is 2.15 bits per heavy atom. The summed E-state index contributed by atoms with van der Waals surface area (Å²) in [5, 5.41) is 0. The molecule has 0 aliphatic heterocycles. The first-order valence-electron chi connectivity index (χ1n) is 6.49. The Kier molecular flexibility index (Phi) is 6.79. The molecule has 0 unspecified atom stereocenters. The number of aliphatic imine (C=N–C) groups is 1. The molecule has 0 aromatic carbocycles. The minimum absolute atomic E-state index is 0.104. The van der Waals surface area contributed by atoms with Gasteiger partial charge in [-0.05, 0) is 32.4 Å². The van der Waals surface area contributed by atoms with Gasteiger partial charge in [-0.15, -0.1) is 0 Å². The monoisotopic (exact) mass is 283 g/mol. The zero-order valence-corrected chi connectivity index (χ0v) is 13.1. The van der Waals surface area contributed by atoms with Crippen molar-refractivity contribution in [3.05, 3.63) is 12.3 Å². The fourth-order valence-corrected chi connectivity index (χ4v) is 1.18. The van der Waals surface area contributed by atoms with Gasteiger partial charge in [-0.1, -0.05) is 27.4 Å². The molecule has 0 aromatic rings. The SMILES string of the molecule is C=NC(=C)COC(=O)C(=O)C(C)(C)OCCC(C)(C)C. The molecule has 0 atom stereocenters. The minimum Gasteiger partial charge on any atom is -0.453 e. The summed E-state index contributed by atoms with van der Waals surface area (Å²) in [5.41, 5.74) is -0.809. The van der Waals surface area contributed by atoms with Gasteiger partial charge in [-0.3, -0.25) is 9.79 Å². The quantitative estimate of drug-likeness (QED) is 0.390. The number of hydrogen-bond donors (Lipinski definition) is 0. The number of carbonyl (C=O) groups is 2. The molecule has 0 spiro atoms. The third-order valence-corrected chi connectivity index (χ3v) is 2.64. The van der Waals surface area contributed by atoms with E-state index in [1.165, 1.54) is 0 Å². The van der Waals surface area contributed by atoms with Crippen LogP contribution in [0.25, 0.3) is 0 Å². The molecule has 114 valence electrons. The van der Waals surface area contributed by atoms with Crippen LogP contribution in [-0.2, 0) is 19.1 Å². The maximum absolute atomic E-state index is 11.9. The molecule has 0 saturated heterocycles. The second kappa shape index (κ2) is 7.33. The van der Waals surface area contributed by atoms with E-state index >= 15 is 0 Å². The Morgan fingerprint density at radius 2 is 1.70 bits per heavy atom. The van der Waals surface area contributed by atoms with Crippen LogP contribution in [0.15, 0.2) is 17.3 Å². The Hall–Kier alpha value is -1.49. The lowest BCUT2D eigenvalue weighted by Crippen LogP contribution is -2.41. The highest BCUT2D eigenvalue weighted by Crippen LogP contribution is 2.21. The van der Waals surface area contributed by atoms with Gasteiger partial charge in [-0.25, -0.2) is 4.79 Å². The highest BCUT2D eigenvalue weighted by molar-refractivity contribution is 6.36. The number of rotatable bonds is 8. The van der Waals surface area contributed by atoms with Crippen molar-refractivity contribution in [2.75, 3.05) is 13.2 Å². The molecular weight excluding hydrogens is 258 g/mol. The smallest absolute Gasteiger partial charge is 0.378 e. The van der Waals surface area contributed by atoms with Crippen LogP contribution in [0.5, 0.6) is 0 Å². The van der Waals surface area contributed by atoms with Crippen LogP contribution in [-0.4, -0.2) is 37.3 Å². The molecule has 0 fully saturated rings. The highest BCUT2D eigenvalue weighted by atomic mass is 16.5. The normalized spacial score (nSPS) is 11.8. The van der Waals surface area contributed by atoms with Crippen LogP contribution in [0, 0.1) is 5.41 Å². The molecule has 5 heteroatoms. The Labute approximate surface area is 121 Å². The largest absolute Gasteiger partial charge is 0.453 e. The van der Waals surface area contributed by atoms with Crippen molar-refractivity contribution in [1.29, 1.82) is 0 Å². The number of hydrogen-bond acceptors (Lipinski definition) is 5. The molecule has 0 heterocycles. The van der Waals surface area contributed by atoms with Crippen molar-refractivity contribution in [2.45, 2.75) is 46.6 Å². The first-order chi connectivity index (χ1) is 8.99. The number of esters is 1. The van der Waals surface area contributed by atoms with Gasteiger partial charge in [0.2, 0.25) is 0 Å². The van der Waals surface area contributed by atoms with E-state index in [1.807, 2.05) is 0 Å². The fraction of sp³-hybridized carbons (Fsp3) is 0.667. The van der Waals surface area contributed by atoms with E-state index in [9.17, 15) is 9.59 Å². The number of carbonyl (C=O) groups excluding carboxylic acids is 2. The molecule has 0 aliphatic rings. The topological polar surface area (TPSA) is 65.0 Å². The first kappa shape index (κ1) is 18.5. The Bertz CT molecular complexity index is 391. The Morgan fingerprint density at radius 1 is 1.15 bits per heavy atom. The van der Waals surface area contributed by atoms with Crippen LogP contribution >= 0.6 is 0 Å². The van der Waals surface area contributed by atoms with Crippen molar-refractivity contribution in [3.8, 4) is 0 Å². The van der Waals surface area contributed by atoms with E-state index in [0.29, 0.717) is 6.61 Å². The van der Waals surface area contributed by atoms with Crippen molar-refractivity contribution < 1.29 is 19.1 Å². The average molecular weight is 283 g/mol. The number of Topliss-reactive ketones (excluding diaryl/α,β-unsaturated/α-hetero) is 1. The summed E-state index contributed by atoms with van der Waals surface area (Å²) in [6, 6.07) is 0. The van der Waals surface area contributed by atoms with Gasteiger partial charge in [0.15, 0.2) is 0 Å². The molecule has 0 saturated carbocycles. The summed E-state index contributed by atoms with van der Waals surface area (Å²) in [6.07, 6.45) is 0.788. The molecule has 0 aromatic heterocycles. The van der Waals surface area contributed by atoms with Crippen LogP contribution in [0.4, 0.5) is 0 Å². The number of nitrogens with zero attached hydrogens (tertiary/aromatic N) is 1. The van der Waals surface area contributed by atoms with E-state index in [0.717, 1.165) is 6.42 Å². The van der Waals surface area contributed by atoms with E-state index in [1.54, 1.807) is 13.8 Å². The zero-order chi connectivity index (χ0) is 16.0. The molecule has 0 rings (SSSR count). The predicted octanol–water partition coefficient (Wildman–Crippen LogP) is 2.54. The lowest BCUT2D eigenvalue weighted by atomic mass is 9.93. The van der Waals surface area contributed by atoms with E-state index in [-0.39, 0.29) is 17.7 Å². The maximum Gasteiger partial charge on any atom is 0.378 e. The fourth-order valence-electron chi connectivity index (χ4n) is 1.18. The summed E-state index contributed by atoms with van der Waals surface area (Å²) in [7, 11) is 0. The molecule has 0 N–H and O–H groups in total. The lowest BCUT2D eigenvalue weighted by molar-refractivity contribution is -0.164. The van der Waals surface area contributed by atoms with Gasteiger partial charge >= 0.3 is 5.97 Å². The first-order valence-corrected chi connectivity index (χ1v) is 6.49. The second-order valence-corrected chi connectivity index (χ2v) is 6.30. The van der Waals surface area contributed by atoms with Gasteiger partial charge in [0, 0.05) is 6.61 Å². The summed E-state index contributed by atoms with van der Waals surface area (Å²) in [6.45, 7) is 16.3. The lowest BCUT2D eigenvalue weighted by Gasteiger charge is -2.25. The molecule has 0 bridgehead atoms. The van der Waals surface area contributed by atoms with Crippen LogP contribution in [0.2, 0.25) is 0 Å². The number of ether oxygens (including phenoxy) is 2. The van der Waals surface area contributed by atoms with Gasteiger partial charge in [0.1, 0.15) is 12.2 Å². The van der Waals surface area contributed by atoms with Gasteiger partial charge < -0.3 is 9.47 Å². The van der Waals surface area contributed by atoms with Gasteiger partial charge in [0.05, 0.1) is 5.70 Å². The highest BCUT2D eigenvalue weighted by Gasteiger charge is 2.35. The zero-order valence-electron chi connectivity index (χ0n) is 13.1. The van der Waals surface area contributed by atoms with Crippen molar-refractivity contribution in [2.24, 2.45) is 10.4 Å². The summed E-state index contributed by atoms with van der Waals surface area (Å²) in [5.74, 6) is -1.67. The van der Waals surface area contributed by atoms with E-state index < -0.39 is 17.4 Å². The van der Waals surface area contributed by atoms with E-state index in [4.69, 9.17) is 9.47 Å². The Balaban J connectivity index is 4.38. The van der Waals surface area contributed by atoms with Gasteiger partial charge in [-0.2, -0.15) is 0 Å². The summed E-state index contributed by atoms with van der Waals surface area (Å²) >= 11 is 0. The second-order valence-electron chi connectivity index (χ2n) is 6.30. The molecular formula is C15H25NO4. The van der Waals surface area contributed by atoms with Crippen LogP contribution in [0.3, 0.4) is 0 Å². The summed E-state index contributed by atoms with van der Waals surface area (Å²) in [4.78, 5) is 27.1. The third kappa shape index (κ3) is 7.19. The van der Waals surface area contributed by atoms with Crippen molar-refractivity contribution >= 4 is 18.5 Å². The molecule has 5 nitrogen and oxygen atoms in total. The number of ketones is 1. The van der Waals surface area contributed by atoms with Crippen LogP contribution < -0.4 is 0 Å².